The minimum Gasteiger partial charge on any atom is -0.347 e. The van der Waals surface area contributed by atoms with Crippen molar-refractivity contribution in [3.63, 3.8) is 0 Å². The van der Waals surface area contributed by atoms with Gasteiger partial charge in [-0.2, -0.15) is 0 Å². The molecule has 21 heavy (non-hydrogen) atoms. The standard InChI is InChI=1S/C17H17N3O/c1-11-18-9-10-20(11)15-8-7-14-16(17(15)21)12-5-3-4-6-13(12)19(14)2/h3-6,9-10,15H,7-8H2,1-2H3. The molecule has 1 unspecified atom stereocenters. The summed E-state index contributed by atoms with van der Waals surface area (Å²) in [5.41, 5.74) is 3.20. The molecule has 4 rings (SSSR count). The van der Waals surface area contributed by atoms with E-state index in [9.17, 15) is 4.79 Å². The maximum atomic E-state index is 13.0. The number of rotatable bonds is 1. The van der Waals surface area contributed by atoms with Crippen LogP contribution in [0.1, 0.15) is 34.3 Å². The van der Waals surface area contributed by atoms with E-state index < -0.39 is 0 Å². The van der Waals surface area contributed by atoms with Gasteiger partial charge in [-0.1, -0.05) is 18.2 Å². The van der Waals surface area contributed by atoms with Crippen LogP contribution in [0.2, 0.25) is 0 Å². The molecule has 0 amide bonds. The molecule has 0 saturated heterocycles. The largest absolute Gasteiger partial charge is 0.347 e. The minimum atomic E-state index is -0.120. The summed E-state index contributed by atoms with van der Waals surface area (Å²) in [6.07, 6.45) is 5.44. The molecule has 2 heterocycles. The molecule has 4 nitrogen and oxygen atoms in total. The third kappa shape index (κ3) is 1.62. The zero-order valence-corrected chi connectivity index (χ0v) is 12.2. The Bertz CT molecular complexity index is 856. The van der Waals surface area contributed by atoms with Crippen LogP contribution in [0.3, 0.4) is 0 Å². The molecule has 2 aromatic heterocycles. The fourth-order valence-electron chi connectivity index (χ4n) is 3.57. The molecular formula is C17H17N3O. The first-order valence-electron chi connectivity index (χ1n) is 7.28. The van der Waals surface area contributed by atoms with Gasteiger partial charge in [0.15, 0.2) is 5.78 Å². The number of hydrogen-bond acceptors (Lipinski definition) is 2. The van der Waals surface area contributed by atoms with Crippen LogP contribution in [0.15, 0.2) is 36.7 Å². The summed E-state index contributed by atoms with van der Waals surface area (Å²) in [5, 5.41) is 1.07. The lowest BCUT2D eigenvalue weighted by Gasteiger charge is -2.24. The van der Waals surface area contributed by atoms with Gasteiger partial charge in [0, 0.05) is 41.6 Å². The Morgan fingerprint density at radius 3 is 2.86 bits per heavy atom. The van der Waals surface area contributed by atoms with Crippen LogP contribution in [0.25, 0.3) is 10.9 Å². The van der Waals surface area contributed by atoms with Gasteiger partial charge in [0.1, 0.15) is 5.82 Å². The van der Waals surface area contributed by atoms with E-state index in [0.29, 0.717) is 0 Å². The summed E-state index contributed by atoms with van der Waals surface area (Å²) in [4.78, 5) is 17.3. The van der Waals surface area contributed by atoms with Gasteiger partial charge in [0.25, 0.3) is 0 Å². The maximum Gasteiger partial charge on any atom is 0.188 e. The summed E-state index contributed by atoms with van der Waals surface area (Å²) >= 11 is 0. The van der Waals surface area contributed by atoms with E-state index in [1.165, 1.54) is 0 Å². The number of benzene rings is 1. The number of carbonyl (C=O) groups excluding carboxylic acids is 1. The number of carbonyl (C=O) groups is 1. The molecule has 4 heteroatoms. The number of nitrogens with zero attached hydrogens (tertiary/aromatic N) is 3. The summed E-state index contributed by atoms with van der Waals surface area (Å²) in [7, 11) is 2.05. The fraction of sp³-hybridized carbons (Fsp3) is 0.294. The molecule has 1 aromatic carbocycles. The van der Waals surface area contributed by atoms with Gasteiger partial charge in [0.05, 0.1) is 6.04 Å². The van der Waals surface area contributed by atoms with Crippen LogP contribution in [0.5, 0.6) is 0 Å². The molecule has 0 N–H and O–H groups in total. The highest BCUT2D eigenvalue weighted by molar-refractivity contribution is 6.12. The van der Waals surface area contributed by atoms with Crippen molar-refractivity contribution in [3.8, 4) is 0 Å². The summed E-state index contributed by atoms with van der Waals surface area (Å²) in [6, 6.07) is 8.04. The molecule has 0 aliphatic heterocycles. The molecule has 0 saturated carbocycles. The summed E-state index contributed by atoms with van der Waals surface area (Å²) in [6.45, 7) is 1.95. The Morgan fingerprint density at radius 2 is 2.10 bits per heavy atom. The van der Waals surface area contributed by atoms with Crippen molar-refractivity contribution in [2.24, 2.45) is 7.05 Å². The van der Waals surface area contributed by atoms with Gasteiger partial charge in [-0.25, -0.2) is 4.98 Å². The number of aryl methyl sites for hydroxylation is 2. The van der Waals surface area contributed by atoms with Gasteiger partial charge >= 0.3 is 0 Å². The number of ketones is 1. The van der Waals surface area contributed by atoms with E-state index in [1.807, 2.05) is 29.8 Å². The lowest BCUT2D eigenvalue weighted by molar-refractivity contribution is 0.0907. The first-order chi connectivity index (χ1) is 10.2. The minimum absolute atomic E-state index is 0.120. The van der Waals surface area contributed by atoms with Gasteiger partial charge < -0.3 is 9.13 Å². The molecule has 1 aliphatic carbocycles. The van der Waals surface area contributed by atoms with E-state index in [1.54, 1.807) is 6.20 Å². The Kier molecular flexibility index (Phi) is 2.55. The zero-order chi connectivity index (χ0) is 14.6. The Hall–Kier alpha value is -2.36. The lowest BCUT2D eigenvalue weighted by atomic mass is 9.90. The average Bonchev–Trinajstić information content (AvgIpc) is 3.03. The number of aromatic nitrogens is 3. The predicted molar refractivity (Wildman–Crippen MR) is 81.6 cm³/mol. The first-order valence-corrected chi connectivity index (χ1v) is 7.28. The molecule has 1 atom stereocenters. The predicted octanol–water partition coefficient (Wildman–Crippen LogP) is 3.05. The molecule has 0 spiro atoms. The van der Waals surface area contributed by atoms with Crippen LogP contribution in [0, 0.1) is 6.92 Å². The van der Waals surface area contributed by atoms with Crippen LogP contribution < -0.4 is 0 Å². The smallest absolute Gasteiger partial charge is 0.188 e. The number of para-hydroxylation sites is 1. The molecule has 0 fully saturated rings. The molecule has 0 radical (unpaired) electrons. The van der Waals surface area contributed by atoms with Crippen molar-refractivity contribution in [1.82, 2.24) is 14.1 Å². The highest BCUT2D eigenvalue weighted by atomic mass is 16.1. The van der Waals surface area contributed by atoms with Gasteiger partial charge in [-0.15, -0.1) is 0 Å². The Balaban J connectivity index is 1.92. The summed E-state index contributed by atoms with van der Waals surface area (Å²) < 4.78 is 4.17. The van der Waals surface area contributed by atoms with Crippen molar-refractivity contribution in [3.05, 3.63) is 53.7 Å². The van der Waals surface area contributed by atoms with Crippen LogP contribution in [0.4, 0.5) is 0 Å². The fourth-order valence-corrected chi connectivity index (χ4v) is 3.57. The highest BCUT2D eigenvalue weighted by Gasteiger charge is 2.33. The average molecular weight is 279 g/mol. The number of imidazole rings is 1. The van der Waals surface area contributed by atoms with Gasteiger partial charge in [-0.3, -0.25) is 4.79 Å². The third-order valence-electron chi connectivity index (χ3n) is 4.63. The second-order valence-electron chi connectivity index (χ2n) is 5.70. The van der Waals surface area contributed by atoms with E-state index >= 15 is 0 Å². The van der Waals surface area contributed by atoms with Crippen LogP contribution in [-0.2, 0) is 13.5 Å². The van der Waals surface area contributed by atoms with E-state index in [0.717, 1.165) is 40.8 Å². The van der Waals surface area contributed by atoms with E-state index in [2.05, 4.69) is 28.7 Å². The lowest BCUT2D eigenvalue weighted by Crippen LogP contribution is -2.26. The van der Waals surface area contributed by atoms with Crippen molar-refractivity contribution in [2.45, 2.75) is 25.8 Å². The van der Waals surface area contributed by atoms with E-state index in [4.69, 9.17) is 0 Å². The van der Waals surface area contributed by atoms with Crippen molar-refractivity contribution in [1.29, 1.82) is 0 Å². The van der Waals surface area contributed by atoms with Gasteiger partial charge in [-0.05, 0) is 25.8 Å². The maximum absolute atomic E-state index is 13.0. The molecule has 3 aromatic rings. The van der Waals surface area contributed by atoms with Crippen molar-refractivity contribution >= 4 is 16.7 Å². The second kappa shape index (κ2) is 4.32. The Morgan fingerprint density at radius 1 is 1.29 bits per heavy atom. The third-order valence-corrected chi connectivity index (χ3v) is 4.63. The van der Waals surface area contributed by atoms with Crippen molar-refractivity contribution in [2.75, 3.05) is 0 Å². The Labute approximate surface area is 123 Å². The molecule has 0 bridgehead atoms. The monoisotopic (exact) mass is 279 g/mol. The van der Waals surface area contributed by atoms with Gasteiger partial charge in [0.2, 0.25) is 0 Å². The molecule has 106 valence electrons. The normalized spacial score (nSPS) is 18.2. The SMILES string of the molecule is Cc1nccn1C1CCc2c(c3ccccc3n2C)C1=O. The molecular weight excluding hydrogens is 262 g/mol. The number of fused-ring (bicyclic) bond motifs is 3. The van der Waals surface area contributed by atoms with Crippen molar-refractivity contribution < 1.29 is 4.79 Å². The second-order valence-corrected chi connectivity index (χ2v) is 5.70. The van der Waals surface area contributed by atoms with Crippen LogP contribution in [-0.4, -0.2) is 19.9 Å². The van der Waals surface area contributed by atoms with Crippen LogP contribution >= 0.6 is 0 Å². The number of hydrogen-bond donors (Lipinski definition) is 0. The highest BCUT2D eigenvalue weighted by Crippen LogP contribution is 2.35. The number of Topliss-reactive ketones (excluding diaryl/α,β-unsaturated/α-hetero) is 1. The summed E-state index contributed by atoms with van der Waals surface area (Å²) in [5.74, 6) is 1.12. The zero-order valence-electron chi connectivity index (χ0n) is 12.2. The topological polar surface area (TPSA) is 39.8 Å². The molecule has 1 aliphatic rings. The van der Waals surface area contributed by atoms with E-state index in [-0.39, 0.29) is 11.8 Å². The first kappa shape index (κ1) is 12.4. The quantitative estimate of drug-likeness (QED) is 0.687.